The highest BCUT2D eigenvalue weighted by atomic mass is 79.9. The zero-order valence-electron chi connectivity index (χ0n) is 12.2. The molecule has 0 saturated carbocycles. The van der Waals surface area contributed by atoms with Crippen LogP contribution in [-0.4, -0.2) is 29.2 Å². The fraction of sp³-hybridized carbons (Fsp3) is 0.125. The van der Waals surface area contributed by atoms with Crippen LogP contribution in [0.25, 0.3) is 16.9 Å². The maximum Gasteiger partial charge on any atom is 0.138 e. The van der Waals surface area contributed by atoms with E-state index in [0.717, 1.165) is 33.0 Å². The van der Waals surface area contributed by atoms with Gasteiger partial charge in [0.15, 0.2) is 0 Å². The molecule has 0 aliphatic heterocycles. The summed E-state index contributed by atoms with van der Waals surface area (Å²) in [5.41, 5.74) is 2.64. The van der Waals surface area contributed by atoms with E-state index in [0.29, 0.717) is 0 Å². The number of hydrogen-bond acceptors (Lipinski definition) is 4. The molecule has 0 aliphatic rings. The predicted octanol–water partition coefficient (Wildman–Crippen LogP) is 3.71. The second-order valence-corrected chi connectivity index (χ2v) is 5.32. The number of ether oxygens (including phenoxy) is 2. The van der Waals surface area contributed by atoms with E-state index in [4.69, 9.17) is 9.47 Å². The molecule has 22 heavy (non-hydrogen) atoms. The molecule has 0 atom stereocenters. The van der Waals surface area contributed by atoms with Crippen molar-refractivity contribution in [3.05, 3.63) is 53.1 Å². The van der Waals surface area contributed by atoms with Crippen LogP contribution in [0.2, 0.25) is 0 Å². The fourth-order valence-corrected chi connectivity index (χ4v) is 2.67. The van der Waals surface area contributed by atoms with Crippen LogP contribution in [0.5, 0.6) is 11.5 Å². The molecule has 1 aromatic heterocycles. The third kappa shape index (κ3) is 2.69. The van der Waals surface area contributed by atoms with Crippen LogP contribution in [0.15, 0.2) is 53.1 Å². The summed E-state index contributed by atoms with van der Waals surface area (Å²) in [5, 5.41) is 8.46. The SMILES string of the molecule is COc1ccc(-c2nnn(-c3ccc(OC)cc3)c2Br)cc1. The summed E-state index contributed by atoms with van der Waals surface area (Å²) in [6.07, 6.45) is 0. The van der Waals surface area contributed by atoms with Crippen LogP contribution in [0.4, 0.5) is 0 Å². The smallest absolute Gasteiger partial charge is 0.138 e. The summed E-state index contributed by atoms with van der Waals surface area (Å²) in [6, 6.07) is 15.3. The van der Waals surface area contributed by atoms with E-state index in [1.807, 2.05) is 48.5 Å². The van der Waals surface area contributed by atoms with Crippen molar-refractivity contribution < 1.29 is 9.47 Å². The Balaban J connectivity index is 1.96. The molecule has 6 heteroatoms. The second-order valence-electron chi connectivity index (χ2n) is 4.57. The summed E-state index contributed by atoms with van der Waals surface area (Å²) in [6.45, 7) is 0. The lowest BCUT2D eigenvalue weighted by molar-refractivity contribution is 0.414. The van der Waals surface area contributed by atoms with Crippen LogP contribution in [0, 0.1) is 0 Å². The fourth-order valence-electron chi connectivity index (χ4n) is 2.08. The Morgan fingerprint density at radius 1 is 0.864 bits per heavy atom. The summed E-state index contributed by atoms with van der Waals surface area (Å²) in [5.74, 6) is 1.61. The predicted molar refractivity (Wildman–Crippen MR) is 87.6 cm³/mol. The molecule has 0 spiro atoms. The minimum atomic E-state index is 0.776. The van der Waals surface area contributed by atoms with E-state index in [2.05, 4.69) is 26.2 Å². The Morgan fingerprint density at radius 3 is 1.95 bits per heavy atom. The van der Waals surface area contributed by atoms with Gasteiger partial charge in [-0.25, -0.2) is 4.68 Å². The second kappa shape index (κ2) is 6.19. The van der Waals surface area contributed by atoms with Crippen LogP contribution >= 0.6 is 15.9 Å². The molecule has 0 saturated heterocycles. The molecule has 2 aromatic carbocycles. The number of hydrogen-bond donors (Lipinski definition) is 0. The number of rotatable bonds is 4. The third-order valence-corrected chi connectivity index (χ3v) is 4.01. The molecule has 1 heterocycles. The van der Waals surface area contributed by atoms with E-state index < -0.39 is 0 Å². The van der Waals surface area contributed by atoms with Gasteiger partial charge in [0, 0.05) is 5.56 Å². The van der Waals surface area contributed by atoms with Crippen LogP contribution in [-0.2, 0) is 0 Å². The molecule has 5 nitrogen and oxygen atoms in total. The number of nitrogens with zero attached hydrogens (tertiary/aromatic N) is 3. The molecular formula is C16H14BrN3O2. The van der Waals surface area contributed by atoms with Crippen LogP contribution in [0.1, 0.15) is 0 Å². The first-order valence-electron chi connectivity index (χ1n) is 6.63. The minimum absolute atomic E-state index is 0.776. The highest BCUT2D eigenvalue weighted by Gasteiger charge is 2.13. The maximum atomic E-state index is 5.17. The molecule has 0 N–H and O–H groups in total. The summed E-state index contributed by atoms with van der Waals surface area (Å²) >= 11 is 3.57. The average molecular weight is 360 g/mol. The van der Waals surface area contributed by atoms with E-state index >= 15 is 0 Å². The van der Waals surface area contributed by atoms with Gasteiger partial charge in [-0.3, -0.25) is 0 Å². The summed E-state index contributed by atoms with van der Waals surface area (Å²) in [4.78, 5) is 0. The standard InChI is InChI=1S/C16H14BrN3O2/c1-21-13-7-3-11(4-8-13)15-16(17)20(19-18-15)12-5-9-14(22-2)10-6-12/h3-10H,1-2H3. The topological polar surface area (TPSA) is 49.2 Å². The first kappa shape index (κ1) is 14.6. The Morgan fingerprint density at radius 2 is 1.41 bits per heavy atom. The van der Waals surface area contributed by atoms with Gasteiger partial charge in [-0.05, 0) is 64.5 Å². The van der Waals surface area contributed by atoms with Gasteiger partial charge >= 0.3 is 0 Å². The van der Waals surface area contributed by atoms with E-state index in [1.165, 1.54) is 0 Å². The highest BCUT2D eigenvalue weighted by Crippen LogP contribution is 2.29. The lowest BCUT2D eigenvalue weighted by Crippen LogP contribution is -1.96. The number of halogens is 1. The van der Waals surface area contributed by atoms with E-state index in [9.17, 15) is 0 Å². The van der Waals surface area contributed by atoms with Gasteiger partial charge in [0.2, 0.25) is 0 Å². The van der Waals surface area contributed by atoms with Crippen LogP contribution in [0.3, 0.4) is 0 Å². The Bertz CT molecular complexity index is 702. The first-order valence-corrected chi connectivity index (χ1v) is 7.42. The van der Waals surface area contributed by atoms with Crippen molar-refractivity contribution in [2.45, 2.75) is 0 Å². The van der Waals surface area contributed by atoms with Crippen LogP contribution < -0.4 is 9.47 Å². The van der Waals surface area contributed by atoms with Crippen molar-refractivity contribution in [2.24, 2.45) is 0 Å². The molecular weight excluding hydrogens is 346 g/mol. The maximum absolute atomic E-state index is 5.17. The van der Waals surface area contributed by atoms with Gasteiger partial charge in [-0.15, -0.1) is 5.10 Å². The van der Waals surface area contributed by atoms with Crippen molar-refractivity contribution in [1.29, 1.82) is 0 Å². The molecule has 0 radical (unpaired) electrons. The minimum Gasteiger partial charge on any atom is -0.497 e. The summed E-state index contributed by atoms with van der Waals surface area (Å²) in [7, 11) is 3.28. The average Bonchev–Trinajstić information content (AvgIpc) is 2.96. The molecule has 112 valence electrons. The van der Waals surface area contributed by atoms with Crippen molar-refractivity contribution in [2.75, 3.05) is 14.2 Å². The number of benzene rings is 2. The molecule has 0 amide bonds. The Labute approximate surface area is 136 Å². The molecule has 0 fully saturated rings. The molecule has 0 bridgehead atoms. The lowest BCUT2D eigenvalue weighted by Gasteiger charge is -2.05. The van der Waals surface area contributed by atoms with Crippen molar-refractivity contribution in [1.82, 2.24) is 15.0 Å². The third-order valence-electron chi connectivity index (χ3n) is 3.30. The van der Waals surface area contributed by atoms with Gasteiger partial charge in [0.05, 0.1) is 19.9 Å². The molecule has 0 aliphatic carbocycles. The van der Waals surface area contributed by atoms with Gasteiger partial charge in [0.1, 0.15) is 21.8 Å². The molecule has 0 unspecified atom stereocenters. The number of aromatic nitrogens is 3. The van der Waals surface area contributed by atoms with E-state index in [1.54, 1.807) is 18.9 Å². The monoisotopic (exact) mass is 359 g/mol. The quantitative estimate of drug-likeness (QED) is 0.712. The zero-order valence-corrected chi connectivity index (χ0v) is 13.7. The van der Waals surface area contributed by atoms with Gasteiger partial charge in [-0.1, -0.05) is 5.21 Å². The van der Waals surface area contributed by atoms with Crippen molar-refractivity contribution >= 4 is 15.9 Å². The van der Waals surface area contributed by atoms with Crippen molar-refractivity contribution in [3.8, 4) is 28.4 Å². The molecule has 3 rings (SSSR count). The van der Waals surface area contributed by atoms with Gasteiger partial charge < -0.3 is 9.47 Å². The highest BCUT2D eigenvalue weighted by molar-refractivity contribution is 9.10. The lowest BCUT2D eigenvalue weighted by atomic mass is 10.1. The Kier molecular flexibility index (Phi) is 4.11. The van der Waals surface area contributed by atoms with Gasteiger partial charge in [-0.2, -0.15) is 0 Å². The normalized spacial score (nSPS) is 10.5. The largest absolute Gasteiger partial charge is 0.497 e. The number of methoxy groups -OCH3 is 2. The first-order chi connectivity index (χ1) is 10.7. The Hall–Kier alpha value is -2.34. The van der Waals surface area contributed by atoms with Crippen molar-refractivity contribution in [3.63, 3.8) is 0 Å². The van der Waals surface area contributed by atoms with E-state index in [-0.39, 0.29) is 0 Å². The molecule has 3 aromatic rings. The zero-order chi connectivity index (χ0) is 15.5. The summed E-state index contributed by atoms with van der Waals surface area (Å²) < 4.78 is 12.9. The van der Waals surface area contributed by atoms with Gasteiger partial charge in [0.25, 0.3) is 0 Å².